The quantitative estimate of drug-likeness (QED) is 0.798. The Morgan fingerprint density at radius 2 is 1.87 bits per heavy atom. The predicted octanol–water partition coefficient (Wildman–Crippen LogP) is 0.934. The SMILES string of the molecule is CC(C)N1C(=O)CC(NC(=O)C(C)(N)c2ccccc2)C1=O.Cl. The number of carbonyl (C=O) groups excluding carboxylic acids is 3. The van der Waals surface area contributed by atoms with Crippen LogP contribution in [0.3, 0.4) is 0 Å². The van der Waals surface area contributed by atoms with Crippen molar-refractivity contribution in [2.24, 2.45) is 5.73 Å². The Morgan fingerprint density at radius 3 is 2.35 bits per heavy atom. The molecule has 2 rings (SSSR count). The third kappa shape index (κ3) is 3.71. The zero-order valence-corrected chi connectivity index (χ0v) is 14.2. The molecular formula is C16H22ClN3O3. The molecule has 1 aliphatic rings. The van der Waals surface area contributed by atoms with Gasteiger partial charge in [-0.1, -0.05) is 30.3 Å². The van der Waals surface area contributed by atoms with Gasteiger partial charge in [0, 0.05) is 6.04 Å². The van der Waals surface area contributed by atoms with E-state index in [0.29, 0.717) is 5.56 Å². The van der Waals surface area contributed by atoms with Gasteiger partial charge in [-0.2, -0.15) is 0 Å². The molecule has 1 aliphatic heterocycles. The van der Waals surface area contributed by atoms with Crippen molar-refractivity contribution >= 4 is 30.1 Å². The molecule has 0 bridgehead atoms. The molecule has 6 nitrogen and oxygen atoms in total. The Bertz CT molecular complexity index is 602. The van der Waals surface area contributed by atoms with E-state index in [0.717, 1.165) is 0 Å². The minimum Gasteiger partial charge on any atom is -0.342 e. The standard InChI is InChI=1S/C16H21N3O3.ClH/c1-10(2)19-13(20)9-12(14(19)21)18-15(22)16(3,17)11-7-5-4-6-8-11;/h4-8,10,12H,9,17H2,1-3H3,(H,18,22);1H. The topological polar surface area (TPSA) is 92.5 Å². The van der Waals surface area contributed by atoms with Crippen LogP contribution in [0.2, 0.25) is 0 Å². The molecule has 2 atom stereocenters. The van der Waals surface area contributed by atoms with Crippen LogP contribution in [0.5, 0.6) is 0 Å². The lowest BCUT2D eigenvalue weighted by atomic mass is 9.92. The zero-order chi connectivity index (χ0) is 16.5. The average molecular weight is 340 g/mol. The van der Waals surface area contributed by atoms with Crippen LogP contribution >= 0.6 is 12.4 Å². The summed E-state index contributed by atoms with van der Waals surface area (Å²) in [6.07, 6.45) is -0.0202. The molecule has 0 radical (unpaired) electrons. The van der Waals surface area contributed by atoms with Crippen molar-refractivity contribution in [3.63, 3.8) is 0 Å². The Morgan fingerprint density at radius 1 is 1.30 bits per heavy atom. The summed E-state index contributed by atoms with van der Waals surface area (Å²) < 4.78 is 0. The number of benzene rings is 1. The van der Waals surface area contributed by atoms with E-state index in [1.165, 1.54) is 4.90 Å². The maximum atomic E-state index is 12.4. The van der Waals surface area contributed by atoms with Crippen LogP contribution < -0.4 is 11.1 Å². The summed E-state index contributed by atoms with van der Waals surface area (Å²) in [5.74, 6) is -1.13. The highest BCUT2D eigenvalue weighted by Crippen LogP contribution is 2.20. The summed E-state index contributed by atoms with van der Waals surface area (Å²) in [4.78, 5) is 37.7. The van der Waals surface area contributed by atoms with E-state index < -0.39 is 17.5 Å². The van der Waals surface area contributed by atoms with Gasteiger partial charge in [-0.15, -0.1) is 12.4 Å². The maximum absolute atomic E-state index is 12.4. The summed E-state index contributed by atoms with van der Waals surface area (Å²) in [6.45, 7) is 5.10. The molecule has 23 heavy (non-hydrogen) atoms. The number of nitrogens with zero attached hydrogens (tertiary/aromatic N) is 1. The summed E-state index contributed by atoms with van der Waals surface area (Å²) >= 11 is 0. The van der Waals surface area contributed by atoms with Gasteiger partial charge in [0.2, 0.25) is 11.8 Å². The van der Waals surface area contributed by atoms with Gasteiger partial charge in [-0.05, 0) is 26.3 Å². The highest BCUT2D eigenvalue weighted by atomic mass is 35.5. The Hall–Kier alpha value is -1.92. The fourth-order valence-electron chi connectivity index (χ4n) is 2.53. The molecule has 0 aromatic heterocycles. The third-order valence-electron chi connectivity index (χ3n) is 3.85. The number of amides is 3. The van der Waals surface area contributed by atoms with Gasteiger partial charge in [0.25, 0.3) is 5.91 Å². The second kappa shape index (κ2) is 7.10. The molecule has 0 aliphatic carbocycles. The molecule has 7 heteroatoms. The fraction of sp³-hybridized carbons (Fsp3) is 0.438. The lowest BCUT2D eigenvalue weighted by molar-refractivity contribution is -0.141. The lowest BCUT2D eigenvalue weighted by Gasteiger charge is -2.26. The second-order valence-electron chi connectivity index (χ2n) is 5.99. The van der Waals surface area contributed by atoms with Gasteiger partial charge in [0.15, 0.2) is 0 Å². The first-order chi connectivity index (χ1) is 10.2. The van der Waals surface area contributed by atoms with E-state index in [-0.39, 0.29) is 36.7 Å². The molecule has 1 heterocycles. The summed E-state index contributed by atoms with van der Waals surface area (Å²) in [5, 5.41) is 2.61. The van der Waals surface area contributed by atoms with Crippen molar-refractivity contribution in [3.05, 3.63) is 35.9 Å². The van der Waals surface area contributed by atoms with Crippen LogP contribution in [0, 0.1) is 0 Å². The molecule has 0 saturated carbocycles. The van der Waals surface area contributed by atoms with Crippen molar-refractivity contribution in [1.29, 1.82) is 0 Å². The number of halogens is 1. The van der Waals surface area contributed by atoms with Crippen molar-refractivity contribution in [1.82, 2.24) is 10.2 Å². The minimum atomic E-state index is -1.27. The van der Waals surface area contributed by atoms with Gasteiger partial charge in [-0.3, -0.25) is 19.3 Å². The van der Waals surface area contributed by atoms with E-state index in [2.05, 4.69) is 5.32 Å². The first-order valence-corrected chi connectivity index (χ1v) is 7.26. The zero-order valence-electron chi connectivity index (χ0n) is 13.4. The molecule has 1 fully saturated rings. The largest absolute Gasteiger partial charge is 0.342 e. The Labute approximate surface area is 141 Å². The van der Waals surface area contributed by atoms with Gasteiger partial charge < -0.3 is 11.1 Å². The molecule has 2 unspecified atom stereocenters. The summed E-state index contributed by atoms with van der Waals surface area (Å²) in [5.41, 5.74) is 5.49. The molecule has 1 saturated heterocycles. The van der Waals surface area contributed by atoms with E-state index in [1.54, 1.807) is 45.0 Å². The van der Waals surface area contributed by atoms with Gasteiger partial charge >= 0.3 is 0 Å². The van der Waals surface area contributed by atoms with Crippen LogP contribution in [-0.2, 0) is 19.9 Å². The first kappa shape index (κ1) is 19.1. The maximum Gasteiger partial charge on any atom is 0.252 e. The highest BCUT2D eigenvalue weighted by Gasteiger charge is 2.42. The normalized spacial score (nSPS) is 20.2. The number of imide groups is 1. The van der Waals surface area contributed by atoms with Crippen LogP contribution in [0.4, 0.5) is 0 Å². The molecule has 0 spiro atoms. The van der Waals surface area contributed by atoms with E-state index >= 15 is 0 Å². The van der Waals surface area contributed by atoms with Crippen molar-refractivity contribution in [2.75, 3.05) is 0 Å². The first-order valence-electron chi connectivity index (χ1n) is 7.26. The smallest absolute Gasteiger partial charge is 0.252 e. The highest BCUT2D eigenvalue weighted by molar-refractivity contribution is 6.07. The van der Waals surface area contributed by atoms with Gasteiger partial charge in [-0.25, -0.2) is 0 Å². The number of carbonyl (C=O) groups is 3. The number of likely N-dealkylation sites (tertiary alicyclic amines) is 1. The molecule has 3 N–H and O–H groups in total. The molecule has 126 valence electrons. The number of nitrogens with two attached hydrogens (primary N) is 1. The number of rotatable bonds is 4. The Balaban J connectivity index is 0.00000264. The molecule has 1 aromatic carbocycles. The van der Waals surface area contributed by atoms with Crippen molar-refractivity contribution in [3.8, 4) is 0 Å². The van der Waals surface area contributed by atoms with Crippen LogP contribution in [-0.4, -0.2) is 34.7 Å². The molecule has 3 amide bonds. The van der Waals surface area contributed by atoms with E-state index in [9.17, 15) is 14.4 Å². The van der Waals surface area contributed by atoms with E-state index in [4.69, 9.17) is 5.73 Å². The van der Waals surface area contributed by atoms with Crippen LogP contribution in [0.25, 0.3) is 0 Å². The molecule has 1 aromatic rings. The number of hydrogen-bond donors (Lipinski definition) is 2. The summed E-state index contributed by atoms with van der Waals surface area (Å²) in [7, 11) is 0. The van der Waals surface area contributed by atoms with E-state index in [1.807, 2.05) is 6.07 Å². The second-order valence-corrected chi connectivity index (χ2v) is 5.99. The average Bonchev–Trinajstić information content (AvgIpc) is 2.74. The fourth-order valence-corrected chi connectivity index (χ4v) is 2.53. The monoisotopic (exact) mass is 339 g/mol. The number of nitrogens with one attached hydrogen (secondary N) is 1. The lowest BCUT2D eigenvalue weighted by Crippen LogP contribution is -2.53. The summed E-state index contributed by atoms with van der Waals surface area (Å²) in [6, 6.07) is 7.85. The van der Waals surface area contributed by atoms with Gasteiger partial charge in [0.05, 0.1) is 6.42 Å². The predicted molar refractivity (Wildman–Crippen MR) is 88.8 cm³/mol. The number of hydrogen-bond acceptors (Lipinski definition) is 4. The van der Waals surface area contributed by atoms with Crippen LogP contribution in [0.1, 0.15) is 32.8 Å². The third-order valence-corrected chi connectivity index (χ3v) is 3.85. The van der Waals surface area contributed by atoms with Gasteiger partial charge in [0.1, 0.15) is 11.6 Å². The van der Waals surface area contributed by atoms with Crippen molar-refractivity contribution < 1.29 is 14.4 Å². The van der Waals surface area contributed by atoms with Crippen molar-refractivity contribution in [2.45, 2.75) is 44.8 Å². The Kier molecular flexibility index (Phi) is 5.91. The molecular weight excluding hydrogens is 318 g/mol. The minimum absolute atomic E-state index is 0. The van der Waals surface area contributed by atoms with Crippen LogP contribution in [0.15, 0.2) is 30.3 Å².